The number of carbonyl (C=O) groups is 1. The summed E-state index contributed by atoms with van der Waals surface area (Å²) in [6.45, 7) is 1.89. The first-order valence-corrected chi connectivity index (χ1v) is 6.68. The van der Waals surface area contributed by atoms with Crippen molar-refractivity contribution in [1.29, 1.82) is 0 Å². The fraction of sp³-hybridized carbons (Fsp3) is 0.533. The van der Waals surface area contributed by atoms with E-state index in [1.807, 2.05) is 6.07 Å². The largest absolute Gasteiger partial charge is 0.343 e. The molecule has 17 heavy (non-hydrogen) atoms. The Morgan fingerprint density at radius 3 is 2.71 bits per heavy atom. The van der Waals surface area contributed by atoms with Gasteiger partial charge in [0.15, 0.2) is 0 Å². The lowest BCUT2D eigenvalue weighted by Gasteiger charge is -2.20. The number of hydrogen-bond donors (Lipinski definition) is 0. The van der Waals surface area contributed by atoms with E-state index in [-0.39, 0.29) is 0 Å². The number of rotatable bonds is 4. The zero-order valence-electron chi connectivity index (χ0n) is 10.4. The molecule has 0 N–H and O–H groups in total. The molecule has 1 heterocycles. The van der Waals surface area contributed by atoms with Crippen molar-refractivity contribution < 1.29 is 4.79 Å². The normalized spacial score (nSPS) is 16.9. The van der Waals surface area contributed by atoms with E-state index in [0.717, 1.165) is 38.8 Å². The fourth-order valence-corrected chi connectivity index (χ4v) is 2.39. The Morgan fingerprint density at radius 2 is 1.88 bits per heavy atom. The van der Waals surface area contributed by atoms with Crippen LogP contribution in [0.5, 0.6) is 0 Å². The van der Waals surface area contributed by atoms with Crippen LogP contribution in [0.15, 0.2) is 30.3 Å². The highest BCUT2D eigenvalue weighted by atomic mass is 16.2. The van der Waals surface area contributed by atoms with Crippen LogP contribution >= 0.6 is 0 Å². The monoisotopic (exact) mass is 231 g/mol. The van der Waals surface area contributed by atoms with E-state index in [4.69, 9.17) is 0 Å². The number of likely N-dealkylation sites (tertiary alicyclic amines) is 1. The molecule has 1 aromatic carbocycles. The summed E-state index contributed by atoms with van der Waals surface area (Å²) in [6, 6.07) is 10.5. The number of amides is 1. The van der Waals surface area contributed by atoms with Gasteiger partial charge in [0.2, 0.25) is 5.91 Å². The van der Waals surface area contributed by atoms with Crippen LogP contribution in [0.2, 0.25) is 0 Å². The Morgan fingerprint density at radius 1 is 1.06 bits per heavy atom. The number of aryl methyl sites for hydroxylation is 1. The highest BCUT2D eigenvalue weighted by molar-refractivity contribution is 5.76. The predicted octanol–water partition coefficient (Wildman–Crippen LogP) is 3.02. The van der Waals surface area contributed by atoms with E-state index in [2.05, 4.69) is 29.2 Å². The van der Waals surface area contributed by atoms with Crippen LogP contribution in [0, 0.1) is 0 Å². The summed E-state index contributed by atoms with van der Waals surface area (Å²) in [5.41, 5.74) is 1.37. The maximum atomic E-state index is 11.8. The molecule has 0 radical (unpaired) electrons. The average molecular weight is 231 g/mol. The summed E-state index contributed by atoms with van der Waals surface area (Å²) >= 11 is 0. The van der Waals surface area contributed by atoms with Crippen molar-refractivity contribution in [3.63, 3.8) is 0 Å². The molecule has 1 aromatic rings. The van der Waals surface area contributed by atoms with Crippen LogP contribution in [0.25, 0.3) is 0 Å². The third-order valence-electron chi connectivity index (χ3n) is 3.41. The molecule has 1 amide bonds. The van der Waals surface area contributed by atoms with Crippen LogP contribution in [0.1, 0.15) is 37.7 Å². The van der Waals surface area contributed by atoms with Crippen molar-refractivity contribution in [2.75, 3.05) is 13.1 Å². The quantitative estimate of drug-likeness (QED) is 0.780. The average Bonchev–Trinajstić information content (AvgIpc) is 2.56. The molecule has 1 aliphatic heterocycles. The minimum atomic E-state index is 0.357. The van der Waals surface area contributed by atoms with Gasteiger partial charge in [-0.05, 0) is 31.2 Å². The molecular weight excluding hydrogens is 210 g/mol. The Kier molecular flexibility index (Phi) is 4.60. The summed E-state index contributed by atoms with van der Waals surface area (Å²) in [5.74, 6) is 0.357. The van der Waals surface area contributed by atoms with Crippen molar-refractivity contribution in [2.45, 2.75) is 38.5 Å². The van der Waals surface area contributed by atoms with Gasteiger partial charge in [-0.15, -0.1) is 0 Å². The van der Waals surface area contributed by atoms with Crippen molar-refractivity contribution in [3.05, 3.63) is 35.9 Å². The van der Waals surface area contributed by atoms with E-state index in [1.54, 1.807) is 0 Å². The van der Waals surface area contributed by atoms with E-state index < -0.39 is 0 Å². The Hall–Kier alpha value is -1.31. The van der Waals surface area contributed by atoms with Gasteiger partial charge in [-0.3, -0.25) is 4.79 Å². The first-order valence-electron chi connectivity index (χ1n) is 6.68. The highest BCUT2D eigenvalue weighted by Gasteiger charge is 2.15. The van der Waals surface area contributed by atoms with E-state index in [1.165, 1.54) is 18.4 Å². The summed E-state index contributed by atoms with van der Waals surface area (Å²) in [6.07, 6.45) is 6.37. The summed E-state index contributed by atoms with van der Waals surface area (Å²) in [7, 11) is 0. The second-order valence-electron chi connectivity index (χ2n) is 4.78. The number of nitrogens with zero attached hydrogens (tertiary/aromatic N) is 1. The van der Waals surface area contributed by atoms with Crippen LogP contribution in [0.3, 0.4) is 0 Å². The second-order valence-corrected chi connectivity index (χ2v) is 4.78. The smallest absolute Gasteiger partial charge is 0.222 e. The molecule has 0 aliphatic carbocycles. The lowest BCUT2D eigenvalue weighted by molar-refractivity contribution is -0.130. The summed E-state index contributed by atoms with van der Waals surface area (Å²) < 4.78 is 0. The molecule has 1 aliphatic rings. The first kappa shape index (κ1) is 12.2. The topological polar surface area (TPSA) is 20.3 Å². The van der Waals surface area contributed by atoms with Crippen LogP contribution in [0.4, 0.5) is 0 Å². The van der Waals surface area contributed by atoms with Gasteiger partial charge in [0.1, 0.15) is 0 Å². The van der Waals surface area contributed by atoms with Crippen LogP contribution in [-0.4, -0.2) is 23.9 Å². The lowest BCUT2D eigenvalue weighted by Crippen LogP contribution is -2.31. The van der Waals surface area contributed by atoms with Gasteiger partial charge in [-0.2, -0.15) is 0 Å². The molecule has 0 unspecified atom stereocenters. The molecule has 2 nitrogen and oxygen atoms in total. The standard InChI is InChI=1S/C15H21NO/c17-15-11-5-2-6-12-16(15)13-7-10-14-8-3-1-4-9-14/h1,3-4,8-9H,2,5-7,10-13H2. The van der Waals surface area contributed by atoms with Gasteiger partial charge >= 0.3 is 0 Å². The molecule has 0 spiro atoms. The zero-order valence-corrected chi connectivity index (χ0v) is 10.4. The molecule has 2 rings (SSSR count). The predicted molar refractivity (Wildman–Crippen MR) is 69.8 cm³/mol. The molecule has 0 aromatic heterocycles. The van der Waals surface area contributed by atoms with Gasteiger partial charge in [0.05, 0.1) is 0 Å². The molecule has 0 bridgehead atoms. The Balaban J connectivity index is 1.75. The summed E-state index contributed by atoms with van der Waals surface area (Å²) in [5, 5.41) is 0. The number of carbonyl (C=O) groups excluding carboxylic acids is 1. The number of benzene rings is 1. The van der Waals surface area contributed by atoms with Crippen molar-refractivity contribution >= 4 is 5.91 Å². The molecule has 92 valence electrons. The second kappa shape index (κ2) is 6.43. The minimum Gasteiger partial charge on any atom is -0.343 e. The lowest BCUT2D eigenvalue weighted by atomic mass is 10.1. The molecule has 0 atom stereocenters. The molecule has 2 heteroatoms. The van der Waals surface area contributed by atoms with Gasteiger partial charge in [-0.25, -0.2) is 0 Å². The Labute approximate surface area is 104 Å². The van der Waals surface area contributed by atoms with Crippen LogP contribution < -0.4 is 0 Å². The SMILES string of the molecule is O=C1CCCCCN1CCCc1ccccc1. The third kappa shape index (κ3) is 3.88. The van der Waals surface area contributed by atoms with Gasteiger partial charge in [0, 0.05) is 19.5 Å². The maximum absolute atomic E-state index is 11.8. The van der Waals surface area contributed by atoms with Gasteiger partial charge in [-0.1, -0.05) is 36.8 Å². The van der Waals surface area contributed by atoms with Gasteiger partial charge < -0.3 is 4.90 Å². The van der Waals surface area contributed by atoms with Crippen molar-refractivity contribution in [2.24, 2.45) is 0 Å². The molecule has 1 saturated heterocycles. The van der Waals surface area contributed by atoms with E-state index in [9.17, 15) is 4.79 Å². The Bertz CT molecular complexity index is 347. The molecular formula is C15H21NO. The van der Waals surface area contributed by atoms with Gasteiger partial charge in [0.25, 0.3) is 0 Å². The van der Waals surface area contributed by atoms with Crippen molar-refractivity contribution in [3.8, 4) is 0 Å². The minimum absolute atomic E-state index is 0.357. The highest BCUT2D eigenvalue weighted by Crippen LogP contribution is 2.12. The molecule has 1 fully saturated rings. The molecule has 0 saturated carbocycles. The maximum Gasteiger partial charge on any atom is 0.222 e. The van der Waals surface area contributed by atoms with Crippen LogP contribution in [-0.2, 0) is 11.2 Å². The van der Waals surface area contributed by atoms with Crippen molar-refractivity contribution in [1.82, 2.24) is 4.90 Å². The summed E-state index contributed by atoms with van der Waals surface area (Å²) in [4.78, 5) is 13.8. The van der Waals surface area contributed by atoms with E-state index >= 15 is 0 Å². The van der Waals surface area contributed by atoms with E-state index in [0.29, 0.717) is 5.91 Å². The third-order valence-corrected chi connectivity index (χ3v) is 3.41. The zero-order chi connectivity index (χ0) is 11.9. The first-order chi connectivity index (χ1) is 8.36. The number of hydrogen-bond acceptors (Lipinski definition) is 1. The fourth-order valence-electron chi connectivity index (χ4n) is 2.39.